The van der Waals surface area contributed by atoms with E-state index in [1.54, 1.807) is 54.1 Å². The van der Waals surface area contributed by atoms with E-state index < -0.39 is 18.8 Å². The maximum absolute atomic E-state index is 13.5. The van der Waals surface area contributed by atoms with Crippen LogP contribution in [-0.4, -0.2) is 28.1 Å². The van der Waals surface area contributed by atoms with E-state index in [-0.39, 0.29) is 18.2 Å². The SMILES string of the molecule is Cl.O=C(NCC(F)(F)F)Nc1cccc(-c2cnc3cc(-c4cccc(F)c4)ccn23)c1. The van der Waals surface area contributed by atoms with Gasteiger partial charge in [-0.25, -0.2) is 14.2 Å². The summed E-state index contributed by atoms with van der Waals surface area (Å²) in [6.45, 7) is -1.42. The molecule has 5 nitrogen and oxygen atoms in total. The van der Waals surface area contributed by atoms with Crippen LogP contribution in [0.1, 0.15) is 0 Å². The Hall–Kier alpha value is -3.59. The molecule has 32 heavy (non-hydrogen) atoms. The molecule has 0 aliphatic carbocycles. The molecule has 0 atom stereocenters. The smallest absolute Gasteiger partial charge is 0.329 e. The van der Waals surface area contributed by atoms with Crippen molar-refractivity contribution >= 4 is 29.8 Å². The van der Waals surface area contributed by atoms with Crippen LogP contribution in [0.15, 0.2) is 73.1 Å². The lowest BCUT2D eigenvalue weighted by Crippen LogP contribution is -2.36. The number of nitrogens with one attached hydrogen (secondary N) is 2. The first-order valence-electron chi connectivity index (χ1n) is 9.24. The Kier molecular flexibility index (Phi) is 6.69. The first-order valence-corrected chi connectivity index (χ1v) is 9.24. The molecule has 0 aliphatic rings. The Morgan fingerprint density at radius 1 is 0.969 bits per heavy atom. The maximum atomic E-state index is 13.5. The Morgan fingerprint density at radius 2 is 1.69 bits per heavy atom. The van der Waals surface area contributed by atoms with Gasteiger partial charge in [0.1, 0.15) is 18.0 Å². The van der Waals surface area contributed by atoms with Crippen molar-refractivity contribution in [1.82, 2.24) is 14.7 Å². The molecule has 0 unspecified atom stereocenters. The summed E-state index contributed by atoms with van der Waals surface area (Å²) in [5, 5.41) is 4.15. The first-order chi connectivity index (χ1) is 14.8. The van der Waals surface area contributed by atoms with Crippen molar-refractivity contribution in [2.75, 3.05) is 11.9 Å². The third kappa shape index (κ3) is 5.36. The minimum Gasteiger partial charge on any atom is -0.329 e. The molecule has 2 aromatic carbocycles. The number of halogens is 5. The van der Waals surface area contributed by atoms with Crippen molar-refractivity contribution < 1.29 is 22.4 Å². The number of rotatable bonds is 4. The number of pyridine rings is 1. The number of amides is 2. The van der Waals surface area contributed by atoms with Gasteiger partial charge in [0, 0.05) is 17.4 Å². The largest absolute Gasteiger partial charge is 0.405 e. The van der Waals surface area contributed by atoms with E-state index in [0.717, 1.165) is 16.8 Å². The van der Waals surface area contributed by atoms with Gasteiger partial charge in [-0.3, -0.25) is 4.40 Å². The third-order valence-corrected chi connectivity index (χ3v) is 4.54. The minimum absolute atomic E-state index is 0. The lowest BCUT2D eigenvalue weighted by molar-refractivity contribution is -0.122. The number of urea groups is 1. The fraction of sp³-hybridized carbons (Fsp3) is 0.0909. The molecule has 10 heteroatoms. The predicted molar refractivity (Wildman–Crippen MR) is 116 cm³/mol. The van der Waals surface area contributed by atoms with Gasteiger partial charge >= 0.3 is 12.2 Å². The maximum Gasteiger partial charge on any atom is 0.405 e. The molecule has 0 spiro atoms. The highest BCUT2D eigenvalue weighted by molar-refractivity contribution is 5.90. The standard InChI is InChI=1S/C22H16F4N4O.ClH/c23-17-5-1-3-14(9-17)15-7-8-30-19(12-27-20(30)11-15)16-4-2-6-18(10-16)29-21(31)28-13-22(24,25)26;/h1-12H,13H2,(H2,28,29,31);1H. The topological polar surface area (TPSA) is 58.4 Å². The normalized spacial score (nSPS) is 11.1. The second kappa shape index (κ2) is 9.27. The van der Waals surface area contributed by atoms with Gasteiger partial charge in [-0.1, -0.05) is 24.3 Å². The van der Waals surface area contributed by atoms with Crippen LogP contribution in [0.2, 0.25) is 0 Å². The Bertz CT molecular complexity index is 1260. The zero-order valence-corrected chi connectivity index (χ0v) is 17.2. The summed E-state index contributed by atoms with van der Waals surface area (Å²) in [7, 11) is 0. The zero-order chi connectivity index (χ0) is 22.0. The molecule has 0 radical (unpaired) electrons. The third-order valence-electron chi connectivity index (χ3n) is 4.54. The van der Waals surface area contributed by atoms with Gasteiger partial charge in [0.25, 0.3) is 0 Å². The van der Waals surface area contributed by atoms with Gasteiger partial charge in [0.15, 0.2) is 0 Å². The average molecular weight is 465 g/mol. The van der Waals surface area contributed by atoms with Gasteiger partial charge in [-0.15, -0.1) is 12.4 Å². The van der Waals surface area contributed by atoms with Crippen LogP contribution >= 0.6 is 12.4 Å². The van der Waals surface area contributed by atoms with Crippen molar-refractivity contribution in [1.29, 1.82) is 0 Å². The van der Waals surface area contributed by atoms with Crippen molar-refractivity contribution in [2.45, 2.75) is 6.18 Å². The number of aromatic nitrogens is 2. The molecule has 0 bridgehead atoms. The number of fused-ring (bicyclic) bond motifs is 1. The summed E-state index contributed by atoms with van der Waals surface area (Å²) < 4.78 is 52.1. The number of anilines is 1. The highest BCUT2D eigenvalue weighted by Crippen LogP contribution is 2.27. The number of carbonyl (C=O) groups is 1. The molecule has 2 aromatic heterocycles. The molecule has 0 aliphatic heterocycles. The Labute approximate surface area is 186 Å². The fourth-order valence-electron chi connectivity index (χ4n) is 3.15. The number of carbonyl (C=O) groups excluding carboxylic acids is 1. The molecular weight excluding hydrogens is 448 g/mol. The van der Waals surface area contributed by atoms with Gasteiger partial charge < -0.3 is 10.6 Å². The van der Waals surface area contributed by atoms with E-state index in [0.29, 0.717) is 16.9 Å². The van der Waals surface area contributed by atoms with E-state index >= 15 is 0 Å². The van der Waals surface area contributed by atoms with Crippen LogP contribution < -0.4 is 10.6 Å². The average Bonchev–Trinajstić information content (AvgIpc) is 3.15. The van der Waals surface area contributed by atoms with Gasteiger partial charge in [-0.05, 0) is 47.5 Å². The predicted octanol–water partition coefficient (Wildman–Crippen LogP) is 5.91. The van der Waals surface area contributed by atoms with Crippen molar-refractivity contribution in [2.24, 2.45) is 0 Å². The first kappa shape index (κ1) is 23.1. The highest BCUT2D eigenvalue weighted by Gasteiger charge is 2.27. The van der Waals surface area contributed by atoms with Crippen molar-refractivity contribution in [3.05, 3.63) is 78.9 Å². The quantitative estimate of drug-likeness (QED) is 0.369. The molecular formula is C22H17ClF4N4O. The molecule has 2 amide bonds. The fourth-order valence-corrected chi connectivity index (χ4v) is 3.15. The van der Waals surface area contributed by atoms with E-state index in [1.165, 1.54) is 12.1 Å². The molecule has 4 rings (SSSR count). The molecule has 2 heterocycles. The zero-order valence-electron chi connectivity index (χ0n) is 16.4. The summed E-state index contributed by atoms with van der Waals surface area (Å²) in [4.78, 5) is 16.1. The van der Waals surface area contributed by atoms with E-state index in [4.69, 9.17) is 0 Å². The number of hydrogen-bond donors (Lipinski definition) is 2. The number of imidazole rings is 1. The molecule has 2 N–H and O–H groups in total. The second-order valence-electron chi connectivity index (χ2n) is 6.80. The lowest BCUT2D eigenvalue weighted by atomic mass is 10.1. The Balaban J connectivity index is 0.00000289. The molecule has 4 aromatic rings. The summed E-state index contributed by atoms with van der Waals surface area (Å²) >= 11 is 0. The minimum atomic E-state index is -4.49. The lowest BCUT2D eigenvalue weighted by Gasteiger charge is -2.11. The summed E-state index contributed by atoms with van der Waals surface area (Å²) in [5.74, 6) is -0.329. The summed E-state index contributed by atoms with van der Waals surface area (Å²) in [5.41, 5.74) is 3.94. The van der Waals surface area contributed by atoms with E-state index in [1.807, 2.05) is 16.5 Å². The van der Waals surface area contributed by atoms with Crippen LogP contribution in [0.4, 0.5) is 28.0 Å². The van der Waals surface area contributed by atoms with E-state index in [2.05, 4.69) is 10.3 Å². The highest BCUT2D eigenvalue weighted by atomic mass is 35.5. The van der Waals surface area contributed by atoms with Crippen molar-refractivity contribution in [3.63, 3.8) is 0 Å². The summed E-state index contributed by atoms with van der Waals surface area (Å²) in [6, 6.07) is 15.6. The number of benzene rings is 2. The van der Waals surface area contributed by atoms with Gasteiger partial charge in [0.2, 0.25) is 0 Å². The van der Waals surface area contributed by atoms with Crippen molar-refractivity contribution in [3.8, 4) is 22.4 Å². The Morgan fingerprint density at radius 3 is 2.44 bits per heavy atom. The molecule has 166 valence electrons. The molecule has 0 saturated heterocycles. The second-order valence-corrected chi connectivity index (χ2v) is 6.80. The number of hydrogen-bond acceptors (Lipinski definition) is 2. The molecule has 0 saturated carbocycles. The number of nitrogens with zero attached hydrogens (tertiary/aromatic N) is 2. The van der Waals surface area contributed by atoms with Gasteiger partial charge in [-0.2, -0.15) is 13.2 Å². The molecule has 0 fully saturated rings. The van der Waals surface area contributed by atoms with Crippen LogP contribution in [-0.2, 0) is 0 Å². The van der Waals surface area contributed by atoms with Crippen LogP contribution in [0.5, 0.6) is 0 Å². The van der Waals surface area contributed by atoms with Crippen LogP contribution in [0, 0.1) is 5.82 Å². The van der Waals surface area contributed by atoms with Crippen LogP contribution in [0.3, 0.4) is 0 Å². The monoisotopic (exact) mass is 464 g/mol. The van der Waals surface area contributed by atoms with Crippen LogP contribution in [0.25, 0.3) is 28.0 Å². The summed E-state index contributed by atoms with van der Waals surface area (Å²) in [6.07, 6.45) is -1.04. The van der Waals surface area contributed by atoms with Gasteiger partial charge in [0.05, 0.1) is 11.9 Å². The number of alkyl halides is 3. The van der Waals surface area contributed by atoms with E-state index in [9.17, 15) is 22.4 Å².